The molecule has 0 atom stereocenters. The number of nitrogens with zero attached hydrogens (tertiary/aromatic N) is 2. The highest BCUT2D eigenvalue weighted by Gasteiger charge is 2.26. The second-order valence-corrected chi connectivity index (χ2v) is 10.5. The number of esters is 1. The summed E-state index contributed by atoms with van der Waals surface area (Å²) < 4.78 is 36.7. The monoisotopic (exact) mass is 603 g/mol. The minimum Gasteiger partial charge on any atom is -0.493 e. The first-order valence-corrected chi connectivity index (χ1v) is 14.3. The van der Waals surface area contributed by atoms with E-state index in [9.17, 15) is 14.0 Å². The minimum absolute atomic E-state index is 0.0705. The van der Waals surface area contributed by atoms with E-state index in [-0.39, 0.29) is 37.1 Å². The average molecular weight is 604 g/mol. The van der Waals surface area contributed by atoms with Crippen LogP contribution in [0.2, 0.25) is 0 Å². The Morgan fingerprint density at radius 3 is 2.41 bits per heavy atom. The number of carbonyl (C=O) groups is 2. The summed E-state index contributed by atoms with van der Waals surface area (Å²) in [6.07, 6.45) is 3.78. The van der Waals surface area contributed by atoms with Gasteiger partial charge in [0, 0.05) is 12.7 Å². The highest BCUT2D eigenvalue weighted by atomic mass is 19.1. The van der Waals surface area contributed by atoms with Crippen LogP contribution in [0.25, 0.3) is 17.2 Å². The largest absolute Gasteiger partial charge is 0.493 e. The molecular formula is C34H38FN3O6. The SMILES string of the molecule is COc1cc(C=C2C(C)=C(CC(=O)NCc3ccccn3)c3cc(F)ccc32)cc(OC)c1OCCC(=O)OCCN(C)C. The van der Waals surface area contributed by atoms with E-state index in [0.29, 0.717) is 42.5 Å². The van der Waals surface area contributed by atoms with Crippen LogP contribution in [-0.2, 0) is 20.9 Å². The second-order valence-electron chi connectivity index (χ2n) is 10.5. The van der Waals surface area contributed by atoms with Crippen molar-refractivity contribution in [1.82, 2.24) is 15.2 Å². The third-order valence-corrected chi connectivity index (χ3v) is 7.13. The Balaban J connectivity index is 1.55. The van der Waals surface area contributed by atoms with Gasteiger partial charge in [0.1, 0.15) is 12.4 Å². The zero-order chi connectivity index (χ0) is 31.6. The van der Waals surface area contributed by atoms with E-state index in [1.807, 2.05) is 50.2 Å². The first-order valence-electron chi connectivity index (χ1n) is 14.3. The summed E-state index contributed by atoms with van der Waals surface area (Å²) in [5, 5.41) is 2.90. The topological polar surface area (TPSA) is 99.2 Å². The lowest BCUT2D eigenvalue weighted by Crippen LogP contribution is -2.23. The maximum Gasteiger partial charge on any atom is 0.309 e. The highest BCUT2D eigenvalue weighted by molar-refractivity contribution is 6.08. The van der Waals surface area contributed by atoms with Crippen molar-refractivity contribution < 1.29 is 32.9 Å². The van der Waals surface area contributed by atoms with Gasteiger partial charge in [-0.2, -0.15) is 0 Å². The van der Waals surface area contributed by atoms with E-state index in [1.54, 1.807) is 24.4 Å². The molecular weight excluding hydrogens is 565 g/mol. The molecule has 0 saturated heterocycles. The summed E-state index contributed by atoms with van der Waals surface area (Å²) >= 11 is 0. The van der Waals surface area contributed by atoms with Gasteiger partial charge in [-0.3, -0.25) is 14.6 Å². The molecule has 0 spiro atoms. The van der Waals surface area contributed by atoms with Crippen molar-refractivity contribution in [1.29, 1.82) is 0 Å². The number of methoxy groups -OCH3 is 2. The number of allylic oxidation sites excluding steroid dienone is 2. The number of hydrogen-bond acceptors (Lipinski definition) is 8. The fourth-order valence-electron chi connectivity index (χ4n) is 4.84. The molecule has 0 unspecified atom stereocenters. The molecule has 4 rings (SSSR count). The van der Waals surface area contributed by atoms with Crippen molar-refractivity contribution in [2.45, 2.75) is 26.3 Å². The average Bonchev–Trinajstić information content (AvgIpc) is 3.25. The number of fused-ring (bicyclic) bond motifs is 1. The van der Waals surface area contributed by atoms with Gasteiger partial charge in [0.25, 0.3) is 0 Å². The van der Waals surface area contributed by atoms with E-state index < -0.39 is 0 Å². The number of carbonyl (C=O) groups excluding carboxylic acids is 2. The fourth-order valence-corrected chi connectivity index (χ4v) is 4.84. The number of nitrogens with one attached hydrogen (secondary N) is 1. The van der Waals surface area contributed by atoms with E-state index >= 15 is 0 Å². The number of pyridine rings is 1. The molecule has 1 aliphatic rings. The summed E-state index contributed by atoms with van der Waals surface area (Å²) in [6.45, 7) is 3.26. The van der Waals surface area contributed by atoms with Crippen molar-refractivity contribution >= 4 is 29.1 Å². The van der Waals surface area contributed by atoms with Crippen LogP contribution in [0.1, 0.15) is 42.1 Å². The molecule has 0 saturated carbocycles. The van der Waals surface area contributed by atoms with Gasteiger partial charge < -0.3 is 29.2 Å². The van der Waals surface area contributed by atoms with Crippen molar-refractivity contribution in [3.8, 4) is 17.2 Å². The summed E-state index contributed by atoms with van der Waals surface area (Å²) in [7, 11) is 6.85. The van der Waals surface area contributed by atoms with Gasteiger partial charge in [-0.25, -0.2) is 4.39 Å². The first kappa shape index (κ1) is 32.2. The smallest absolute Gasteiger partial charge is 0.309 e. The Morgan fingerprint density at radius 2 is 1.75 bits per heavy atom. The number of hydrogen-bond donors (Lipinski definition) is 1. The molecule has 0 fully saturated rings. The van der Waals surface area contributed by atoms with Crippen molar-refractivity contribution in [3.63, 3.8) is 0 Å². The third kappa shape index (κ3) is 8.23. The van der Waals surface area contributed by atoms with Gasteiger partial charge in [0.05, 0.1) is 45.9 Å². The standard InChI is InChI=1S/C34H38FN3O6/c1-22-27(26-10-9-24(35)19-29(26)28(22)20-32(39)37-21-25-8-6-7-12-36-25)16-23-17-30(41-4)34(31(18-23)42-5)44-14-11-33(40)43-15-13-38(2)3/h6-10,12,16-19H,11,13-15,20-21H2,1-5H3,(H,37,39). The maximum atomic E-state index is 14.4. The number of rotatable bonds is 14. The molecule has 44 heavy (non-hydrogen) atoms. The van der Waals surface area contributed by atoms with Crippen molar-refractivity contribution in [2.24, 2.45) is 0 Å². The zero-order valence-electron chi connectivity index (χ0n) is 25.7. The summed E-state index contributed by atoms with van der Waals surface area (Å²) in [5.41, 5.74) is 5.47. The molecule has 0 aliphatic heterocycles. The van der Waals surface area contributed by atoms with E-state index in [0.717, 1.165) is 33.5 Å². The maximum absolute atomic E-state index is 14.4. The minimum atomic E-state index is -0.379. The summed E-state index contributed by atoms with van der Waals surface area (Å²) in [4.78, 5) is 31.2. The third-order valence-electron chi connectivity index (χ3n) is 7.13. The number of ether oxygens (including phenoxy) is 4. The van der Waals surface area contributed by atoms with Crippen molar-refractivity contribution in [2.75, 3.05) is 48.1 Å². The first-order chi connectivity index (χ1) is 21.2. The van der Waals surface area contributed by atoms with E-state index in [2.05, 4.69) is 10.3 Å². The van der Waals surface area contributed by atoms with Crippen LogP contribution >= 0.6 is 0 Å². The zero-order valence-corrected chi connectivity index (χ0v) is 25.7. The number of amides is 1. The van der Waals surface area contributed by atoms with Crippen LogP contribution in [0, 0.1) is 5.82 Å². The number of likely N-dealkylation sites (N-methyl/N-ethyl adjacent to an activating group) is 1. The lowest BCUT2D eigenvalue weighted by atomic mass is 10.00. The Morgan fingerprint density at radius 1 is 1.00 bits per heavy atom. The number of benzene rings is 2. The highest BCUT2D eigenvalue weighted by Crippen LogP contribution is 2.45. The molecule has 0 radical (unpaired) electrons. The fraction of sp³-hybridized carbons (Fsp3) is 0.324. The van der Waals surface area contributed by atoms with Crippen LogP contribution in [-0.4, -0.2) is 69.8 Å². The molecule has 1 aliphatic carbocycles. The van der Waals surface area contributed by atoms with Gasteiger partial charge >= 0.3 is 5.97 Å². The Kier molecular flexibility index (Phi) is 11.1. The summed E-state index contributed by atoms with van der Waals surface area (Å²) in [6, 6.07) is 13.7. The Labute approximate surface area is 257 Å². The molecule has 1 amide bonds. The molecule has 10 heteroatoms. The quantitative estimate of drug-likeness (QED) is 0.253. The predicted octanol–water partition coefficient (Wildman–Crippen LogP) is 5.15. The predicted molar refractivity (Wildman–Crippen MR) is 167 cm³/mol. The molecule has 1 aromatic heterocycles. The van der Waals surface area contributed by atoms with Crippen LogP contribution < -0.4 is 19.5 Å². The van der Waals surface area contributed by atoms with Crippen LogP contribution in [0.5, 0.6) is 17.2 Å². The number of aromatic nitrogens is 1. The van der Waals surface area contributed by atoms with E-state index in [1.165, 1.54) is 26.4 Å². The molecule has 1 N–H and O–H groups in total. The molecule has 232 valence electrons. The lowest BCUT2D eigenvalue weighted by Gasteiger charge is -2.16. The normalized spacial score (nSPS) is 13.2. The molecule has 1 heterocycles. The van der Waals surface area contributed by atoms with Gasteiger partial charge in [-0.05, 0) is 96.9 Å². The summed E-state index contributed by atoms with van der Waals surface area (Å²) in [5.74, 6) is 0.287. The second kappa shape index (κ2) is 15.2. The van der Waals surface area contributed by atoms with Gasteiger partial charge in [-0.1, -0.05) is 12.1 Å². The Bertz CT molecular complexity index is 1530. The lowest BCUT2D eigenvalue weighted by molar-refractivity contribution is -0.144. The molecule has 2 aromatic carbocycles. The molecule has 0 bridgehead atoms. The van der Waals surface area contributed by atoms with Crippen LogP contribution in [0.3, 0.4) is 0 Å². The Hall–Kier alpha value is -4.70. The number of halogens is 1. The van der Waals surface area contributed by atoms with Gasteiger partial charge in [-0.15, -0.1) is 0 Å². The van der Waals surface area contributed by atoms with Gasteiger partial charge in [0.2, 0.25) is 11.7 Å². The molecule has 3 aromatic rings. The van der Waals surface area contributed by atoms with Crippen LogP contribution in [0.4, 0.5) is 4.39 Å². The van der Waals surface area contributed by atoms with Crippen LogP contribution in [0.15, 0.2) is 60.3 Å². The van der Waals surface area contributed by atoms with Gasteiger partial charge in [0.15, 0.2) is 11.5 Å². The molecule has 9 nitrogen and oxygen atoms in total. The van der Waals surface area contributed by atoms with Crippen molar-refractivity contribution in [3.05, 3.63) is 88.5 Å². The van der Waals surface area contributed by atoms with E-state index in [4.69, 9.17) is 18.9 Å².